The van der Waals surface area contributed by atoms with E-state index in [1.165, 1.54) is 28.8 Å². The third-order valence-corrected chi connectivity index (χ3v) is 4.08. The lowest BCUT2D eigenvalue weighted by Crippen LogP contribution is -2.21. The lowest BCUT2D eigenvalue weighted by Gasteiger charge is -2.17. The summed E-state index contributed by atoms with van der Waals surface area (Å²) >= 11 is 0. The lowest BCUT2D eigenvalue weighted by atomic mass is 10.00. The van der Waals surface area contributed by atoms with Crippen LogP contribution in [0.15, 0.2) is 30.5 Å². The van der Waals surface area contributed by atoms with Crippen LogP contribution in [0, 0.1) is 6.92 Å². The molecule has 2 rings (SSSR count). The van der Waals surface area contributed by atoms with E-state index in [0.29, 0.717) is 6.04 Å². The summed E-state index contributed by atoms with van der Waals surface area (Å²) in [6, 6.07) is 9.38. The highest BCUT2D eigenvalue weighted by atomic mass is 15.3. The first-order chi connectivity index (χ1) is 10.2. The molecule has 1 aromatic carbocycles. The van der Waals surface area contributed by atoms with Crippen LogP contribution in [0.5, 0.6) is 0 Å². The highest BCUT2D eigenvalue weighted by Crippen LogP contribution is 2.25. The lowest BCUT2D eigenvalue weighted by molar-refractivity contribution is 0.518. The number of hydrogen-bond donors (Lipinski definition) is 1. The minimum Gasteiger partial charge on any atom is -0.310 e. The van der Waals surface area contributed by atoms with Crippen molar-refractivity contribution in [2.45, 2.75) is 53.1 Å². The number of nitrogens with zero attached hydrogens (tertiary/aromatic N) is 2. The molecule has 2 aromatic rings. The zero-order valence-corrected chi connectivity index (χ0v) is 13.7. The second-order valence-corrected chi connectivity index (χ2v) is 5.50. The largest absolute Gasteiger partial charge is 0.310 e. The van der Waals surface area contributed by atoms with Gasteiger partial charge in [-0.25, -0.2) is 0 Å². The van der Waals surface area contributed by atoms with Crippen molar-refractivity contribution in [1.82, 2.24) is 15.1 Å². The van der Waals surface area contributed by atoms with E-state index < -0.39 is 0 Å². The third kappa shape index (κ3) is 3.53. The van der Waals surface area contributed by atoms with Gasteiger partial charge in [0.2, 0.25) is 0 Å². The summed E-state index contributed by atoms with van der Waals surface area (Å²) in [5.74, 6) is 0. The molecule has 1 unspecified atom stereocenters. The molecular weight excluding hydrogens is 258 g/mol. The van der Waals surface area contributed by atoms with Gasteiger partial charge in [0, 0.05) is 23.8 Å². The zero-order valence-electron chi connectivity index (χ0n) is 13.7. The Morgan fingerprint density at radius 2 is 1.86 bits per heavy atom. The fourth-order valence-corrected chi connectivity index (χ4v) is 2.76. The smallest absolute Gasteiger partial charge is 0.0571 e. The highest BCUT2D eigenvalue weighted by Gasteiger charge is 2.10. The number of benzene rings is 1. The van der Waals surface area contributed by atoms with Gasteiger partial charge >= 0.3 is 0 Å². The number of aromatic nitrogens is 2. The van der Waals surface area contributed by atoms with E-state index in [2.05, 4.69) is 62.4 Å². The molecule has 0 saturated carbocycles. The maximum atomic E-state index is 4.43. The minimum absolute atomic E-state index is 0.457. The number of rotatable bonds is 7. The Morgan fingerprint density at radius 3 is 2.38 bits per heavy atom. The van der Waals surface area contributed by atoms with Gasteiger partial charge in [-0.05, 0) is 44.4 Å². The van der Waals surface area contributed by atoms with E-state index in [1.54, 1.807) is 0 Å². The second-order valence-electron chi connectivity index (χ2n) is 5.50. The van der Waals surface area contributed by atoms with Crippen molar-refractivity contribution >= 4 is 0 Å². The molecule has 0 bridgehead atoms. The van der Waals surface area contributed by atoms with Crippen LogP contribution in [0.2, 0.25) is 0 Å². The summed E-state index contributed by atoms with van der Waals surface area (Å²) in [7, 11) is 0. The Hall–Kier alpha value is -1.61. The first-order valence-electron chi connectivity index (χ1n) is 8.07. The van der Waals surface area contributed by atoms with Gasteiger partial charge in [-0.15, -0.1) is 0 Å². The molecule has 3 heteroatoms. The zero-order chi connectivity index (χ0) is 15.2. The van der Waals surface area contributed by atoms with E-state index in [0.717, 1.165) is 19.5 Å². The standard InChI is InChI=1S/C18H27N3/c1-5-12-19-18(6-2)16-10-8-15(9-11-16)17-13-20-21(7-3)14(17)4/h8-11,13,18-19H,5-7,12H2,1-4H3. The quantitative estimate of drug-likeness (QED) is 0.820. The average molecular weight is 285 g/mol. The minimum atomic E-state index is 0.457. The number of hydrogen-bond acceptors (Lipinski definition) is 2. The van der Waals surface area contributed by atoms with E-state index in [4.69, 9.17) is 0 Å². The third-order valence-electron chi connectivity index (χ3n) is 4.08. The summed E-state index contributed by atoms with van der Waals surface area (Å²) in [6.45, 7) is 10.7. The van der Waals surface area contributed by atoms with Crippen LogP contribution in [-0.4, -0.2) is 16.3 Å². The molecule has 0 saturated heterocycles. The van der Waals surface area contributed by atoms with Gasteiger partial charge in [0.15, 0.2) is 0 Å². The molecule has 1 aromatic heterocycles. The fraction of sp³-hybridized carbons (Fsp3) is 0.500. The van der Waals surface area contributed by atoms with Gasteiger partial charge in [-0.2, -0.15) is 5.10 Å². The van der Waals surface area contributed by atoms with Crippen molar-refractivity contribution in [2.75, 3.05) is 6.54 Å². The van der Waals surface area contributed by atoms with Crippen molar-refractivity contribution in [3.8, 4) is 11.1 Å². The Bertz CT molecular complexity index is 554. The van der Waals surface area contributed by atoms with Crippen LogP contribution >= 0.6 is 0 Å². The molecule has 0 spiro atoms. The molecule has 0 aliphatic rings. The monoisotopic (exact) mass is 285 g/mol. The van der Waals surface area contributed by atoms with E-state index in [9.17, 15) is 0 Å². The molecule has 3 nitrogen and oxygen atoms in total. The normalized spacial score (nSPS) is 12.6. The molecule has 0 aliphatic heterocycles. The molecule has 1 heterocycles. The Labute approximate surface area is 128 Å². The molecule has 114 valence electrons. The van der Waals surface area contributed by atoms with Crippen LogP contribution in [0.3, 0.4) is 0 Å². The Balaban J connectivity index is 2.19. The maximum absolute atomic E-state index is 4.43. The van der Waals surface area contributed by atoms with Gasteiger partial charge in [-0.3, -0.25) is 4.68 Å². The second kappa shape index (κ2) is 7.41. The SMILES string of the molecule is CCCNC(CC)c1ccc(-c2cnn(CC)c2C)cc1. The summed E-state index contributed by atoms with van der Waals surface area (Å²) in [4.78, 5) is 0. The molecular formula is C18H27N3. The van der Waals surface area contributed by atoms with Crippen molar-refractivity contribution in [1.29, 1.82) is 0 Å². The molecule has 0 fully saturated rings. The van der Waals surface area contributed by atoms with Gasteiger partial charge < -0.3 is 5.32 Å². The van der Waals surface area contributed by atoms with Crippen molar-refractivity contribution < 1.29 is 0 Å². The first kappa shape index (κ1) is 15.8. The van der Waals surface area contributed by atoms with Crippen molar-refractivity contribution in [3.05, 3.63) is 41.7 Å². The molecule has 21 heavy (non-hydrogen) atoms. The van der Waals surface area contributed by atoms with Crippen LogP contribution in [-0.2, 0) is 6.54 Å². The maximum Gasteiger partial charge on any atom is 0.0571 e. The molecule has 0 aliphatic carbocycles. The van der Waals surface area contributed by atoms with Gasteiger partial charge in [-0.1, -0.05) is 38.1 Å². The molecule has 0 radical (unpaired) electrons. The fourth-order valence-electron chi connectivity index (χ4n) is 2.76. The summed E-state index contributed by atoms with van der Waals surface area (Å²) in [6.07, 6.45) is 4.26. The summed E-state index contributed by atoms with van der Waals surface area (Å²) in [5.41, 5.74) is 5.09. The van der Waals surface area contributed by atoms with E-state index in [1.807, 2.05) is 10.9 Å². The molecule has 0 amide bonds. The Morgan fingerprint density at radius 1 is 1.14 bits per heavy atom. The topological polar surface area (TPSA) is 29.9 Å². The van der Waals surface area contributed by atoms with Gasteiger partial charge in [0.05, 0.1) is 6.20 Å². The van der Waals surface area contributed by atoms with E-state index >= 15 is 0 Å². The summed E-state index contributed by atoms with van der Waals surface area (Å²) < 4.78 is 2.04. The van der Waals surface area contributed by atoms with E-state index in [-0.39, 0.29) is 0 Å². The highest BCUT2D eigenvalue weighted by molar-refractivity contribution is 5.65. The molecule has 1 atom stereocenters. The predicted octanol–water partition coefficient (Wildman–Crippen LogP) is 4.33. The van der Waals surface area contributed by atoms with Gasteiger partial charge in [0.25, 0.3) is 0 Å². The first-order valence-corrected chi connectivity index (χ1v) is 8.07. The molecule has 1 N–H and O–H groups in total. The van der Waals surface area contributed by atoms with Crippen LogP contribution in [0.1, 0.15) is 50.9 Å². The number of nitrogens with one attached hydrogen (secondary N) is 1. The Kier molecular flexibility index (Phi) is 5.57. The predicted molar refractivity (Wildman–Crippen MR) is 89.4 cm³/mol. The van der Waals surface area contributed by atoms with Crippen LogP contribution in [0.25, 0.3) is 11.1 Å². The van der Waals surface area contributed by atoms with Gasteiger partial charge in [0.1, 0.15) is 0 Å². The van der Waals surface area contributed by atoms with Crippen LogP contribution in [0.4, 0.5) is 0 Å². The average Bonchev–Trinajstić information content (AvgIpc) is 2.89. The van der Waals surface area contributed by atoms with Crippen LogP contribution < -0.4 is 5.32 Å². The summed E-state index contributed by atoms with van der Waals surface area (Å²) in [5, 5.41) is 8.03. The van der Waals surface area contributed by atoms with Crippen molar-refractivity contribution in [2.24, 2.45) is 0 Å². The number of aryl methyl sites for hydroxylation is 1. The van der Waals surface area contributed by atoms with Crippen molar-refractivity contribution in [3.63, 3.8) is 0 Å².